The van der Waals surface area contributed by atoms with Gasteiger partial charge >= 0.3 is 5.97 Å². The number of benzene rings is 3. The van der Waals surface area contributed by atoms with E-state index in [1.54, 1.807) is 36.4 Å². The van der Waals surface area contributed by atoms with Gasteiger partial charge in [0.25, 0.3) is 0 Å². The quantitative estimate of drug-likeness (QED) is 0.290. The average molecular weight is 481 g/mol. The highest BCUT2D eigenvalue weighted by molar-refractivity contribution is 6.35. The van der Waals surface area contributed by atoms with E-state index in [1.165, 1.54) is 5.56 Å². The number of nitrogens with zero attached hydrogens (tertiary/aromatic N) is 2. The molecule has 0 spiro atoms. The van der Waals surface area contributed by atoms with E-state index < -0.39 is 0 Å². The molecule has 5 rings (SSSR count). The van der Waals surface area contributed by atoms with Gasteiger partial charge in [0, 0.05) is 28.2 Å². The maximum Gasteiger partial charge on any atom is 0.338 e. The number of esters is 1. The molecule has 0 N–H and O–H groups in total. The van der Waals surface area contributed by atoms with Gasteiger partial charge in [-0.2, -0.15) is 0 Å². The van der Waals surface area contributed by atoms with Crippen molar-refractivity contribution in [1.82, 2.24) is 9.88 Å². The van der Waals surface area contributed by atoms with Crippen molar-refractivity contribution in [2.75, 3.05) is 13.2 Å². The normalized spacial score (nSPS) is 16.4. The number of ether oxygens (including phenoxy) is 1. The summed E-state index contributed by atoms with van der Waals surface area (Å²) in [6.45, 7) is 2.24. The van der Waals surface area contributed by atoms with Gasteiger partial charge in [-0.05, 0) is 61.3 Å². The average Bonchev–Trinajstić information content (AvgIpc) is 3.43. The second-order valence-electron chi connectivity index (χ2n) is 8.21. The van der Waals surface area contributed by atoms with Crippen molar-refractivity contribution >= 4 is 40.3 Å². The highest BCUT2D eigenvalue weighted by Crippen LogP contribution is 2.30. The molecular weight excluding hydrogens is 459 g/mol. The summed E-state index contributed by atoms with van der Waals surface area (Å²) in [5.41, 5.74) is 3.52. The SMILES string of the molecule is O=C(OCC1CCCN1Cc1ccccc1)c1ccc2nc(-c3cc(Cl)cc(Cl)c3)oc2c1. The number of carbonyl (C=O) groups excluding carboxylic acids is 1. The van der Waals surface area contributed by atoms with Crippen molar-refractivity contribution in [3.63, 3.8) is 0 Å². The molecule has 1 unspecified atom stereocenters. The van der Waals surface area contributed by atoms with E-state index in [0.29, 0.717) is 44.8 Å². The fourth-order valence-electron chi connectivity index (χ4n) is 4.22. The van der Waals surface area contributed by atoms with E-state index in [-0.39, 0.29) is 12.0 Å². The maximum absolute atomic E-state index is 12.7. The molecule has 5 nitrogen and oxygen atoms in total. The molecule has 3 aromatic carbocycles. The molecule has 4 aromatic rings. The predicted octanol–water partition coefficient (Wildman–Crippen LogP) is 6.62. The third-order valence-electron chi connectivity index (χ3n) is 5.87. The van der Waals surface area contributed by atoms with Crippen LogP contribution in [0.2, 0.25) is 10.0 Å². The van der Waals surface area contributed by atoms with Crippen LogP contribution in [0.5, 0.6) is 0 Å². The van der Waals surface area contributed by atoms with E-state index in [2.05, 4.69) is 22.0 Å². The lowest BCUT2D eigenvalue weighted by Crippen LogP contribution is -2.33. The number of likely N-dealkylation sites (tertiary alicyclic amines) is 1. The van der Waals surface area contributed by atoms with Gasteiger partial charge < -0.3 is 9.15 Å². The van der Waals surface area contributed by atoms with Crippen LogP contribution >= 0.6 is 23.2 Å². The van der Waals surface area contributed by atoms with Crippen LogP contribution in [0.4, 0.5) is 0 Å². The van der Waals surface area contributed by atoms with Gasteiger partial charge in [0.15, 0.2) is 5.58 Å². The minimum Gasteiger partial charge on any atom is -0.460 e. The number of rotatable bonds is 6. The van der Waals surface area contributed by atoms with Gasteiger partial charge in [0.2, 0.25) is 5.89 Å². The van der Waals surface area contributed by atoms with Crippen molar-refractivity contribution < 1.29 is 13.9 Å². The second-order valence-corrected chi connectivity index (χ2v) is 9.08. The largest absolute Gasteiger partial charge is 0.460 e. The van der Waals surface area contributed by atoms with Gasteiger partial charge in [-0.25, -0.2) is 9.78 Å². The molecule has 1 aliphatic heterocycles. The van der Waals surface area contributed by atoms with Crippen LogP contribution in [0.15, 0.2) is 71.1 Å². The Morgan fingerprint density at radius 2 is 1.85 bits per heavy atom. The molecule has 1 fully saturated rings. The number of carbonyl (C=O) groups is 1. The van der Waals surface area contributed by atoms with Crippen LogP contribution in [0.25, 0.3) is 22.6 Å². The van der Waals surface area contributed by atoms with Gasteiger partial charge in [0.1, 0.15) is 12.1 Å². The summed E-state index contributed by atoms with van der Waals surface area (Å²) in [5.74, 6) is 0.0228. The highest BCUT2D eigenvalue weighted by Gasteiger charge is 2.26. The molecule has 1 saturated heterocycles. The minimum absolute atomic E-state index is 0.224. The lowest BCUT2D eigenvalue weighted by Gasteiger charge is -2.24. The molecule has 1 atom stereocenters. The van der Waals surface area contributed by atoms with E-state index in [0.717, 1.165) is 25.9 Å². The monoisotopic (exact) mass is 480 g/mol. The third kappa shape index (κ3) is 5.06. The van der Waals surface area contributed by atoms with Crippen LogP contribution in [-0.2, 0) is 11.3 Å². The Hall–Kier alpha value is -2.86. The molecule has 0 aliphatic carbocycles. The first kappa shape index (κ1) is 22.0. The van der Waals surface area contributed by atoms with Crippen molar-refractivity contribution in [1.29, 1.82) is 0 Å². The molecule has 2 heterocycles. The Labute approximate surface area is 201 Å². The van der Waals surface area contributed by atoms with E-state index in [1.807, 2.05) is 18.2 Å². The molecule has 1 aromatic heterocycles. The van der Waals surface area contributed by atoms with Crippen LogP contribution in [0, 0.1) is 0 Å². The molecule has 0 saturated carbocycles. The fourth-order valence-corrected chi connectivity index (χ4v) is 4.74. The molecule has 0 radical (unpaired) electrons. The zero-order valence-electron chi connectivity index (χ0n) is 17.8. The fraction of sp³-hybridized carbons (Fsp3) is 0.231. The summed E-state index contributed by atoms with van der Waals surface area (Å²) >= 11 is 12.2. The minimum atomic E-state index is -0.368. The molecular formula is C26H22Cl2N2O3. The number of hydrogen-bond donors (Lipinski definition) is 0. The molecule has 7 heteroatoms. The lowest BCUT2D eigenvalue weighted by molar-refractivity contribution is 0.0391. The van der Waals surface area contributed by atoms with Crippen LogP contribution in [0.3, 0.4) is 0 Å². The molecule has 168 valence electrons. The van der Waals surface area contributed by atoms with Gasteiger partial charge in [0.05, 0.1) is 5.56 Å². The first-order valence-corrected chi connectivity index (χ1v) is 11.6. The highest BCUT2D eigenvalue weighted by atomic mass is 35.5. The summed E-state index contributed by atoms with van der Waals surface area (Å²) in [5, 5.41) is 0.995. The number of fused-ring (bicyclic) bond motifs is 1. The smallest absolute Gasteiger partial charge is 0.338 e. The van der Waals surface area contributed by atoms with Crippen molar-refractivity contribution in [2.24, 2.45) is 0 Å². The molecule has 0 bridgehead atoms. The molecule has 1 aliphatic rings. The number of aromatic nitrogens is 1. The van der Waals surface area contributed by atoms with Crippen molar-refractivity contribution in [3.8, 4) is 11.5 Å². The molecule has 33 heavy (non-hydrogen) atoms. The van der Waals surface area contributed by atoms with E-state index >= 15 is 0 Å². The number of hydrogen-bond acceptors (Lipinski definition) is 5. The number of oxazole rings is 1. The summed E-state index contributed by atoms with van der Waals surface area (Å²) in [4.78, 5) is 19.6. The Bertz CT molecular complexity index is 1270. The standard InChI is InChI=1S/C26H22Cl2N2O3/c27-20-11-19(12-21(28)14-20)25-29-23-9-8-18(13-24(23)33-25)26(31)32-16-22-7-4-10-30(22)15-17-5-2-1-3-6-17/h1-3,5-6,8-9,11-14,22H,4,7,10,15-16H2. The van der Waals surface area contributed by atoms with Gasteiger partial charge in [-0.15, -0.1) is 0 Å². The lowest BCUT2D eigenvalue weighted by atomic mass is 10.2. The van der Waals surface area contributed by atoms with E-state index in [9.17, 15) is 4.79 Å². The van der Waals surface area contributed by atoms with Crippen LogP contribution in [0.1, 0.15) is 28.8 Å². The third-order valence-corrected chi connectivity index (χ3v) is 6.30. The first-order chi connectivity index (χ1) is 16.0. The van der Waals surface area contributed by atoms with Gasteiger partial charge in [-0.1, -0.05) is 53.5 Å². The Morgan fingerprint density at radius 1 is 1.06 bits per heavy atom. The zero-order chi connectivity index (χ0) is 22.8. The molecule has 0 amide bonds. The Morgan fingerprint density at radius 3 is 2.64 bits per heavy atom. The van der Waals surface area contributed by atoms with Crippen LogP contribution < -0.4 is 0 Å². The van der Waals surface area contributed by atoms with E-state index in [4.69, 9.17) is 32.4 Å². The summed E-state index contributed by atoms with van der Waals surface area (Å²) in [6.07, 6.45) is 2.13. The number of halogens is 2. The predicted molar refractivity (Wildman–Crippen MR) is 130 cm³/mol. The summed E-state index contributed by atoms with van der Waals surface area (Å²) in [7, 11) is 0. The van der Waals surface area contributed by atoms with Gasteiger partial charge in [-0.3, -0.25) is 4.90 Å². The van der Waals surface area contributed by atoms with Crippen molar-refractivity contribution in [3.05, 3.63) is 87.9 Å². The zero-order valence-corrected chi connectivity index (χ0v) is 19.4. The second kappa shape index (κ2) is 9.56. The Kier molecular flexibility index (Phi) is 6.36. The van der Waals surface area contributed by atoms with Crippen molar-refractivity contribution in [2.45, 2.75) is 25.4 Å². The topological polar surface area (TPSA) is 55.6 Å². The Balaban J connectivity index is 1.26. The maximum atomic E-state index is 12.7. The summed E-state index contributed by atoms with van der Waals surface area (Å²) < 4.78 is 11.5. The van der Waals surface area contributed by atoms with Crippen LogP contribution in [-0.4, -0.2) is 35.0 Å². The summed E-state index contributed by atoms with van der Waals surface area (Å²) in [6, 6.07) is 20.8. The first-order valence-electron chi connectivity index (χ1n) is 10.9.